The number of nitrogens with zero attached hydrogens (tertiary/aromatic N) is 3. The van der Waals surface area contributed by atoms with E-state index in [1.807, 2.05) is 6.07 Å². The Labute approximate surface area is 122 Å². The normalized spacial score (nSPS) is 17.0. The summed E-state index contributed by atoms with van der Waals surface area (Å²) in [4.78, 5) is 11.0. The van der Waals surface area contributed by atoms with Gasteiger partial charge in [-0.15, -0.1) is 5.10 Å². The van der Waals surface area contributed by atoms with E-state index in [1.165, 1.54) is 6.07 Å². The Morgan fingerprint density at radius 1 is 1.62 bits per heavy atom. The fraction of sp³-hybridized carbons (Fsp3) is 0.167. The Kier molecular flexibility index (Phi) is 2.88. The van der Waals surface area contributed by atoms with Gasteiger partial charge in [-0.25, -0.2) is 0 Å². The first-order valence-electron chi connectivity index (χ1n) is 5.89. The molecule has 8 nitrogen and oxygen atoms in total. The smallest absolute Gasteiger partial charge is 0.324 e. The van der Waals surface area contributed by atoms with E-state index < -0.39 is 10.8 Å². The van der Waals surface area contributed by atoms with Crippen LogP contribution in [0.2, 0.25) is 0 Å². The van der Waals surface area contributed by atoms with Gasteiger partial charge in [0.1, 0.15) is 11.6 Å². The number of aryl methyl sites for hydroxylation is 1. The van der Waals surface area contributed by atoms with Crippen molar-refractivity contribution >= 4 is 16.3 Å². The number of fused-ring (bicyclic) bond motifs is 1. The molecule has 2 aromatic rings. The summed E-state index contributed by atoms with van der Waals surface area (Å²) < 4.78 is 5.33. The summed E-state index contributed by atoms with van der Waals surface area (Å²) in [6, 6.07) is 5.06. The van der Waals surface area contributed by atoms with Crippen molar-refractivity contribution in [1.82, 2.24) is 10.2 Å². The quantitative estimate of drug-likeness (QED) is 0.643. The molecule has 1 atom stereocenters. The van der Waals surface area contributed by atoms with Crippen molar-refractivity contribution in [3.63, 3.8) is 0 Å². The Morgan fingerprint density at radius 3 is 3.00 bits per heavy atom. The molecule has 3 rings (SSSR count). The first-order valence-corrected chi connectivity index (χ1v) is 6.71. The highest BCUT2D eigenvalue weighted by Gasteiger charge is 2.35. The molecule has 0 aliphatic carbocycles. The number of ether oxygens (including phenoxy) is 1. The van der Waals surface area contributed by atoms with Crippen molar-refractivity contribution in [3.05, 3.63) is 49.8 Å². The van der Waals surface area contributed by atoms with Gasteiger partial charge in [0.15, 0.2) is 0 Å². The molecular weight excluding hydrogens is 294 g/mol. The van der Waals surface area contributed by atoms with Gasteiger partial charge >= 0.3 is 5.00 Å². The third-order valence-corrected chi connectivity index (χ3v) is 4.31. The van der Waals surface area contributed by atoms with E-state index in [0.29, 0.717) is 16.3 Å². The molecule has 9 heteroatoms. The second-order valence-electron chi connectivity index (χ2n) is 4.43. The molecule has 3 N–H and O–H groups in total. The number of hydrogen-bond acceptors (Lipinski definition) is 7. The summed E-state index contributed by atoms with van der Waals surface area (Å²) in [6.45, 7) is 1.79. The number of aromatic nitrogens is 2. The van der Waals surface area contributed by atoms with Crippen molar-refractivity contribution in [1.29, 1.82) is 5.26 Å². The highest BCUT2D eigenvalue weighted by Crippen LogP contribution is 2.45. The van der Waals surface area contributed by atoms with Gasteiger partial charge in [-0.3, -0.25) is 15.2 Å². The van der Waals surface area contributed by atoms with Crippen LogP contribution in [-0.2, 0) is 0 Å². The van der Waals surface area contributed by atoms with Crippen LogP contribution in [0.1, 0.15) is 22.1 Å². The zero-order chi connectivity index (χ0) is 15.1. The maximum Gasteiger partial charge on any atom is 0.324 e. The van der Waals surface area contributed by atoms with Gasteiger partial charge in [-0.05, 0) is 13.0 Å². The lowest BCUT2D eigenvalue weighted by Crippen LogP contribution is -2.20. The number of nitrogens with two attached hydrogens (primary N) is 1. The zero-order valence-corrected chi connectivity index (χ0v) is 11.6. The Hall–Kier alpha value is -2.86. The average molecular weight is 303 g/mol. The minimum atomic E-state index is -0.504. The maximum absolute atomic E-state index is 10.8. The van der Waals surface area contributed by atoms with E-state index in [2.05, 4.69) is 10.2 Å². The second-order valence-corrected chi connectivity index (χ2v) is 5.52. The second kappa shape index (κ2) is 4.60. The average Bonchev–Trinajstić information content (AvgIpc) is 3.05. The number of thiophene rings is 1. The molecule has 0 bridgehead atoms. The maximum atomic E-state index is 10.8. The predicted octanol–water partition coefficient (Wildman–Crippen LogP) is 1.91. The van der Waals surface area contributed by atoms with Crippen molar-refractivity contribution in [2.45, 2.75) is 12.8 Å². The minimum Gasteiger partial charge on any atom is -0.420 e. The van der Waals surface area contributed by atoms with Gasteiger partial charge in [-0.2, -0.15) is 5.26 Å². The summed E-state index contributed by atoms with van der Waals surface area (Å²) in [5.41, 5.74) is 7.39. The predicted molar refractivity (Wildman–Crippen MR) is 73.6 cm³/mol. The standard InChI is InChI=1S/C12H9N5O3S/c1-5-9-10(7-2-3-8(21-7)17(18)19)6(4-13)11(14)20-12(9)16-15-5/h2-3,10H,14H2,1H3,(H,15,16). The van der Waals surface area contributed by atoms with Crippen LogP contribution in [0.5, 0.6) is 5.88 Å². The number of nitrogens with one attached hydrogen (secondary N) is 1. The number of nitro groups is 1. The van der Waals surface area contributed by atoms with Crippen LogP contribution in [0.15, 0.2) is 23.6 Å². The molecule has 3 heterocycles. The first-order chi connectivity index (χ1) is 10.0. The zero-order valence-electron chi connectivity index (χ0n) is 10.8. The van der Waals surface area contributed by atoms with E-state index in [1.54, 1.807) is 13.0 Å². The Morgan fingerprint density at radius 2 is 2.38 bits per heavy atom. The van der Waals surface area contributed by atoms with Crippen LogP contribution in [-0.4, -0.2) is 15.1 Å². The van der Waals surface area contributed by atoms with Crippen LogP contribution in [0, 0.1) is 28.4 Å². The largest absolute Gasteiger partial charge is 0.420 e. The van der Waals surface area contributed by atoms with Crippen LogP contribution in [0.4, 0.5) is 5.00 Å². The van der Waals surface area contributed by atoms with Crippen LogP contribution in [0.25, 0.3) is 0 Å². The Balaban J connectivity index is 2.19. The molecule has 0 amide bonds. The molecular formula is C12H9N5O3S. The molecule has 0 spiro atoms. The summed E-state index contributed by atoms with van der Waals surface area (Å²) in [5, 5.41) is 27.0. The SMILES string of the molecule is Cc1[nH]nc2c1C(c1ccc([N+](=O)[O-])s1)C(C#N)=C(N)O2. The van der Waals surface area contributed by atoms with Crippen LogP contribution in [0.3, 0.4) is 0 Å². The molecule has 2 aromatic heterocycles. The number of allylic oxidation sites excluding steroid dienone is 1. The lowest BCUT2D eigenvalue weighted by molar-refractivity contribution is -0.380. The number of hydrogen-bond donors (Lipinski definition) is 2. The lowest BCUT2D eigenvalue weighted by atomic mass is 9.89. The molecule has 0 saturated carbocycles. The van der Waals surface area contributed by atoms with E-state index in [0.717, 1.165) is 17.0 Å². The fourth-order valence-electron chi connectivity index (χ4n) is 2.28. The van der Waals surface area contributed by atoms with Crippen LogP contribution < -0.4 is 10.5 Å². The number of aromatic amines is 1. The van der Waals surface area contributed by atoms with Crippen molar-refractivity contribution in [2.75, 3.05) is 0 Å². The van der Waals surface area contributed by atoms with Crippen molar-refractivity contribution < 1.29 is 9.66 Å². The molecule has 0 radical (unpaired) electrons. The number of H-pyrrole nitrogens is 1. The van der Waals surface area contributed by atoms with Gasteiger partial charge in [0.2, 0.25) is 11.8 Å². The molecule has 106 valence electrons. The number of rotatable bonds is 2. The molecule has 1 aliphatic rings. The van der Waals surface area contributed by atoms with E-state index in [4.69, 9.17) is 10.5 Å². The number of nitriles is 1. The van der Waals surface area contributed by atoms with Crippen molar-refractivity contribution in [3.8, 4) is 11.9 Å². The topological polar surface area (TPSA) is 131 Å². The highest BCUT2D eigenvalue weighted by atomic mass is 32.1. The third kappa shape index (κ3) is 1.93. The fourth-order valence-corrected chi connectivity index (χ4v) is 3.22. The van der Waals surface area contributed by atoms with E-state index in [9.17, 15) is 15.4 Å². The summed E-state index contributed by atoms with van der Waals surface area (Å²) in [6.07, 6.45) is 0. The summed E-state index contributed by atoms with van der Waals surface area (Å²) in [5.74, 6) is -0.237. The van der Waals surface area contributed by atoms with Gasteiger partial charge in [0, 0.05) is 16.6 Å². The van der Waals surface area contributed by atoms with Crippen LogP contribution >= 0.6 is 11.3 Å². The highest BCUT2D eigenvalue weighted by molar-refractivity contribution is 7.15. The molecule has 1 aliphatic heterocycles. The molecule has 0 fully saturated rings. The first kappa shape index (κ1) is 13.1. The molecule has 0 aromatic carbocycles. The van der Waals surface area contributed by atoms with E-state index >= 15 is 0 Å². The lowest BCUT2D eigenvalue weighted by Gasteiger charge is -2.21. The van der Waals surface area contributed by atoms with E-state index in [-0.39, 0.29) is 16.5 Å². The third-order valence-electron chi connectivity index (χ3n) is 3.21. The minimum absolute atomic E-state index is 0.00931. The van der Waals surface area contributed by atoms with Gasteiger partial charge < -0.3 is 10.5 Å². The summed E-state index contributed by atoms with van der Waals surface area (Å²) >= 11 is 1.01. The molecule has 21 heavy (non-hydrogen) atoms. The van der Waals surface area contributed by atoms with Crippen molar-refractivity contribution in [2.24, 2.45) is 5.73 Å². The molecule has 0 saturated heterocycles. The van der Waals surface area contributed by atoms with Gasteiger partial charge in [0.25, 0.3) is 0 Å². The Bertz CT molecular complexity index is 813. The molecule has 1 unspecified atom stereocenters. The van der Waals surface area contributed by atoms with Gasteiger partial charge in [0.05, 0.1) is 16.4 Å². The van der Waals surface area contributed by atoms with Gasteiger partial charge in [-0.1, -0.05) is 11.3 Å². The summed E-state index contributed by atoms with van der Waals surface area (Å²) in [7, 11) is 0. The monoisotopic (exact) mass is 303 g/mol.